The molecule has 0 bridgehead atoms. The minimum absolute atomic E-state index is 0.0289. The summed E-state index contributed by atoms with van der Waals surface area (Å²) in [5, 5.41) is 6.96. The summed E-state index contributed by atoms with van der Waals surface area (Å²) in [6, 6.07) is 5.98. The van der Waals surface area contributed by atoms with E-state index in [0.29, 0.717) is 13.1 Å². The van der Waals surface area contributed by atoms with E-state index >= 15 is 0 Å². The Bertz CT molecular complexity index is 463. The zero-order valence-corrected chi connectivity index (χ0v) is 14.1. The number of rotatable bonds is 8. The summed E-state index contributed by atoms with van der Waals surface area (Å²) in [5.74, 6) is 0.0289. The molecule has 0 saturated carbocycles. The van der Waals surface area contributed by atoms with Gasteiger partial charge in [0, 0.05) is 35.4 Å². The number of hydrogen-bond donors (Lipinski definition) is 2. The maximum Gasteiger partial charge on any atom is 0.239 e. The molecule has 0 spiro atoms. The molecule has 118 valence electrons. The van der Waals surface area contributed by atoms with Gasteiger partial charge in [0.05, 0.1) is 6.54 Å². The average Bonchev–Trinajstić information content (AvgIpc) is 2.42. The van der Waals surface area contributed by atoms with Crippen molar-refractivity contribution in [2.45, 2.75) is 40.3 Å². The molecule has 0 aliphatic rings. The van der Waals surface area contributed by atoms with E-state index in [1.54, 1.807) is 0 Å². The molecule has 1 aromatic carbocycles. The number of anilines is 1. The minimum atomic E-state index is 0.0289. The van der Waals surface area contributed by atoms with Gasteiger partial charge in [0.25, 0.3) is 0 Å². The first-order valence-corrected chi connectivity index (χ1v) is 7.89. The molecule has 4 nitrogen and oxygen atoms in total. The predicted molar refractivity (Wildman–Crippen MR) is 90.0 cm³/mol. The number of hydrogen-bond acceptors (Lipinski definition) is 3. The third kappa shape index (κ3) is 5.56. The largest absolute Gasteiger partial charge is 0.362 e. The van der Waals surface area contributed by atoms with Gasteiger partial charge in [-0.15, -0.1) is 0 Å². The second-order valence-electron chi connectivity index (χ2n) is 5.25. The van der Waals surface area contributed by atoms with Crippen LogP contribution in [0.5, 0.6) is 0 Å². The number of amides is 1. The van der Waals surface area contributed by atoms with E-state index in [1.165, 1.54) is 0 Å². The fourth-order valence-electron chi connectivity index (χ4n) is 2.18. The average molecular weight is 312 g/mol. The number of benzene rings is 1. The van der Waals surface area contributed by atoms with E-state index in [2.05, 4.69) is 22.5 Å². The molecule has 0 aliphatic heterocycles. The second kappa shape index (κ2) is 8.90. The van der Waals surface area contributed by atoms with Crippen LogP contribution in [0, 0.1) is 0 Å². The van der Waals surface area contributed by atoms with Gasteiger partial charge < -0.3 is 15.5 Å². The molecule has 5 heteroatoms. The maximum absolute atomic E-state index is 12.0. The van der Waals surface area contributed by atoms with Crippen LogP contribution in [0.4, 0.5) is 5.69 Å². The van der Waals surface area contributed by atoms with Gasteiger partial charge in [-0.2, -0.15) is 0 Å². The summed E-state index contributed by atoms with van der Waals surface area (Å²) in [7, 11) is 0. The molecule has 0 aliphatic carbocycles. The Balaban J connectivity index is 2.94. The van der Waals surface area contributed by atoms with Gasteiger partial charge in [0.2, 0.25) is 5.91 Å². The van der Waals surface area contributed by atoms with Crippen molar-refractivity contribution >= 4 is 23.2 Å². The molecule has 0 heterocycles. The Morgan fingerprint density at radius 1 is 1.33 bits per heavy atom. The molecular weight excluding hydrogens is 286 g/mol. The number of nitrogens with zero attached hydrogens (tertiary/aromatic N) is 1. The fourth-order valence-corrected chi connectivity index (χ4v) is 2.41. The van der Waals surface area contributed by atoms with Gasteiger partial charge in [-0.25, -0.2) is 0 Å². The lowest BCUT2D eigenvalue weighted by atomic mass is 10.1. The van der Waals surface area contributed by atoms with Crippen molar-refractivity contribution in [3.63, 3.8) is 0 Å². The molecular formula is C16H26ClN3O. The molecule has 0 unspecified atom stereocenters. The van der Waals surface area contributed by atoms with Crippen molar-refractivity contribution in [2.75, 3.05) is 24.5 Å². The second-order valence-corrected chi connectivity index (χ2v) is 5.66. The summed E-state index contributed by atoms with van der Waals surface area (Å²) < 4.78 is 0. The summed E-state index contributed by atoms with van der Waals surface area (Å²) >= 11 is 6.32. The summed E-state index contributed by atoms with van der Waals surface area (Å²) in [6.07, 6.45) is 0. The molecule has 0 radical (unpaired) electrons. The van der Waals surface area contributed by atoms with Gasteiger partial charge in [-0.05, 0) is 39.4 Å². The van der Waals surface area contributed by atoms with Crippen molar-refractivity contribution in [3.05, 3.63) is 28.8 Å². The normalized spacial score (nSPS) is 10.8. The van der Waals surface area contributed by atoms with E-state index in [9.17, 15) is 4.79 Å². The SMILES string of the molecule is CCNCc1c(Cl)cccc1N(CC)CC(=O)NC(C)C. The fraction of sp³-hybridized carbons (Fsp3) is 0.562. The van der Waals surface area contributed by atoms with Gasteiger partial charge in [0.1, 0.15) is 0 Å². The van der Waals surface area contributed by atoms with E-state index in [0.717, 1.165) is 29.4 Å². The number of likely N-dealkylation sites (N-methyl/N-ethyl adjacent to an activating group) is 1. The predicted octanol–water partition coefficient (Wildman–Crippen LogP) is 2.80. The van der Waals surface area contributed by atoms with Crippen LogP contribution in [0.1, 0.15) is 33.3 Å². The summed E-state index contributed by atoms with van der Waals surface area (Å²) in [4.78, 5) is 14.1. The standard InChI is InChI=1S/C16H26ClN3O/c1-5-18-10-13-14(17)8-7-9-15(13)20(6-2)11-16(21)19-12(3)4/h7-9,12,18H,5-6,10-11H2,1-4H3,(H,19,21). The summed E-state index contributed by atoms with van der Waals surface area (Å²) in [6.45, 7) is 10.7. The molecule has 21 heavy (non-hydrogen) atoms. The molecule has 1 aromatic rings. The molecule has 0 aromatic heterocycles. The summed E-state index contributed by atoms with van der Waals surface area (Å²) in [5.41, 5.74) is 2.06. The Kier molecular flexibility index (Phi) is 7.54. The Morgan fingerprint density at radius 2 is 2.05 bits per heavy atom. The monoisotopic (exact) mass is 311 g/mol. The van der Waals surface area contributed by atoms with Crippen molar-refractivity contribution in [1.29, 1.82) is 0 Å². The maximum atomic E-state index is 12.0. The van der Waals surface area contributed by atoms with Crippen LogP contribution in [0.2, 0.25) is 5.02 Å². The van der Waals surface area contributed by atoms with Crippen LogP contribution >= 0.6 is 11.6 Å². The van der Waals surface area contributed by atoms with Gasteiger partial charge in [-0.1, -0.05) is 24.6 Å². The zero-order valence-electron chi connectivity index (χ0n) is 13.4. The van der Waals surface area contributed by atoms with Gasteiger partial charge in [0.15, 0.2) is 0 Å². The van der Waals surface area contributed by atoms with Gasteiger partial charge >= 0.3 is 0 Å². The number of halogens is 1. The van der Waals surface area contributed by atoms with Crippen molar-refractivity contribution in [1.82, 2.24) is 10.6 Å². The highest BCUT2D eigenvalue weighted by atomic mass is 35.5. The topological polar surface area (TPSA) is 44.4 Å². The third-order valence-electron chi connectivity index (χ3n) is 3.15. The number of carbonyl (C=O) groups is 1. The molecule has 0 fully saturated rings. The van der Waals surface area contributed by atoms with Crippen LogP contribution in [0.3, 0.4) is 0 Å². The first kappa shape index (κ1) is 17.8. The first-order chi connectivity index (χ1) is 9.99. The lowest BCUT2D eigenvalue weighted by Gasteiger charge is -2.26. The Morgan fingerprint density at radius 3 is 2.62 bits per heavy atom. The highest BCUT2D eigenvalue weighted by molar-refractivity contribution is 6.31. The van der Waals surface area contributed by atoms with E-state index < -0.39 is 0 Å². The van der Waals surface area contributed by atoms with E-state index in [1.807, 2.05) is 39.0 Å². The van der Waals surface area contributed by atoms with Gasteiger partial charge in [-0.3, -0.25) is 4.79 Å². The molecule has 2 N–H and O–H groups in total. The van der Waals surface area contributed by atoms with Crippen LogP contribution in [0.15, 0.2) is 18.2 Å². The smallest absolute Gasteiger partial charge is 0.239 e. The minimum Gasteiger partial charge on any atom is -0.362 e. The molecule has 0 saturated heterocycles. The Hall–Kier alpha value is -1.26. The first-order valence-electron chi connectivity index (χ1n) is 7.51. The van der Waals surface area contributed by atoms with E-state index in [4.69, 9.17) is 11.6 Å². The lowest BCUT2D eigenvalue weighted by Crippen LogP contribution is -2.40. The quantitative estimate of drug-likeness (QED) is 0.776. The van der Waals surface area contributed by atoms with Crippen molar-refractivity contribution in [2.24, 2.45) is 0 Å². The van der Waals surface area contributed by atoms with E-state index in [-0.39, 0.29) is 11.9 Å². The van der Waals surface area contributed by atoms with Crippen molar-refractivity contribution in [3.8, 4) is 0 Å². The highest BCUT2D eigenvalue weighted by Gasteiger charge is 2.15. The molecule has 1 rings (SSSR count). The van der Waals surface area contributed by atoms with Crippen molar-refractivity contribution < 1.29 is 4.79 Å². The van der Waals surface area contributed by atoms with Crippen LogP contribution in [0.25, 0.3) is 0 Å². The molecule has 0 atom stereocenters. The zero-order chi connectivity index (χ0) is 15.8. The van der Waals surface area contributed by atoms with Crippen LogP contribution in [-0.4, -0.2) is 31.6 Å². The number of nitrogens with one attached hydrogen (secondary N) is 2. The molecule has 1 amide bonds. The van der Waals surface area contributed by atoms with Crippen LogP contribution < -0.4 is 15.5 Å². The Labute approximate surface area is 132 Å². The van der Waals surface area contributed by atoms with Crippen LogP contribution in [-0.2, 0) is 11.3 Å². The highest BCUT2D eigenvalue weighted by Crippen LogP contribution is 2.27. The number of carbonyl (C=O) groups excluding carboxylic acids is 1. The lowest BCUT2D eigenvalue weighted by molar-refractivity contribution is -0.120. The third-order valence-corrected chi connectivity index (χ3v) is 3.51.